The van der Waals surface area contributed by atoms with E-state index in [0.717, 1.165) is 65.3 Å². The molecule has 59 heavy (non-hydrogen) atoms. The van der Waals surface area contributed by atoms with E-state index in [1.807, 2.05) is 36.4 Å². The minimum absolute atomic E-state index is 0.602. The van der Waals surface area contributed by atoms with Gasteiger partial charge in [-0.2, -0.15) is 0 Å². The normalized spacial score (nSPS) is 15.0. The third-order valence-electron chi connectivity index (χ3n) is 10.9. The average molecular weight is 775 g/mol. The number of fused-ring (bicyclic) bond motifs is 1. The van der Waals surface area contributed by atoms with E-state index in [2.05, 4.69) is 182 Å². The molecule has 0 bridgehead atoms. The zero-order valence-electron chi connectivity index (χ0n) is 32.2. The second-order valence-corrected chi connectivity index (χ2v) is 15.7. The molecule has 5 heteroatoms. The van der Waals surface area contributed by atoms with Crippen LogP contribution in [0, 0.1) is 0 Å². The Kier molecular flexibility index (Phi) is 9.71. The molecule has 1 aliphatic carbocycles. The zero-order chi connectivity index (χ0) is 39.4. The largest absolute Gasteiger partial charge is 0.240 e. The van der Waals surface area contributed by atoms with Crippen LogP contribution in [0.1, 0.15) is 39.5 Å². The van der Waals surface area contributed by atoms with Crippen molar-refractivity contribution in [2.75, 3.05) is 0 Å². The summed E-state index contributed by atoms with van der Waals surface area (Å²) in [5.41, 5.74) is 10.9. The lowest BCUT2D eigenvalue weighted by molar-refractivity contribution is 0.704. The van der Waals surface area contributed by atoms with Gasteiger partial charge >= 0.3 is 0 Å². The first-order valence-electron chi connectivity index (χ1n) is 19.9. The van der Waals surface area contributed by atoms with Crippen LogP contribution < -0.4 is 0 Å². The van der Waals surface area contributed by atoms with Crippen molar-refractivity contribution in [2.24, 2.45) is 0 Å². The van der Waals surface area contributed by atoms with Crippen molar-refractivity contribution in [1.29, 1.82) is 0 Å². The minimum Gasteiger partial charge on any atom is -0.240 e. The fourth-order valence-corrected chi connectivity index (χ4v) is 9.30. The molecule has 1 unspecified atom stereocenters. The van der Waals surface area contributed by atoms with Crippen molar-refractivity contribution in [3.05, 3.63) is 251 Å². The molecule has 0 radical (unpaired) electrons. The molecule has 0 amide bonds. The van der Waals surface area contributed by atoms with E-state index in [9.17, 15) is 0 Å². The van der Waals surface area contributed by atoms with Crippen LogP contribution in [0.25, 0.3) is 55.3 Å². The smallest absolute Gasteiger partial charge is 0.164 e. The molecule has 2 heterocycles. The Bertz CT molecular complexity index is 2850. The number of allylic oxidation sites excluding steroid dienone is 5. The molecule has 1 atom stereocenters. The number of aromatic nitrogens is 4. The summed E-state index contributed by atoms with van der Waals surface area (Å²) in [6.45, 7) is 0. The van der Waals surface area contributed by atoms with Gasteiger partial charge in [0.05, 0.1) is 15.6 Å². The highest BCUT2D eigenvalue weighted by atomic mass is 32.1. The van der Waals surface area contributed by atoms with Crippen molar-refractivity contribution in [3.8, 4) is 22.8 Å². The Morgan fingerprint density at radius 1 is 0.424 bits per heavy atom. The van der Waals surface area contributed by atoms with E-state index in [0.29, 0.717) is 23.9 Å². The summed E-state index contributed by atoms with van der Waals surface area (Å²) < 4.78 is 1.14. The molecular weight excluding hydrogens is 737 g/mol. The molecule has 0 spiro atoms. The van der Waals surface area contributed by atoms with Crippen LogP contribution in [0.4, 0.5) is 0 Å². The van der Waals surface area contributed by atoms with Crippen LogP contribution in [-0.2, 0) is 5.41 Å². The maximum absolute atomic E-state index is 5.57. The second-order valence-electron chi connectivity index (χ2n) is 14.7. The summed E-state index contributed by atoms with van der Waals surface area (Å²) >= 11 is 1.76. The SMILES string of the molecule is C1=C(c2ccccc2)CC(C(=C(c2ccccc2)c2ccccc2)c2ccccc2)(c2nc3ccccc3s2)C=C1c1nc(-c2ccccc2)nc(-c2ccccc2)n1. The Hall–Kier alpha value is -7.34. The molecule has 0 fully saturated rings. The van der Waals surface area contributed by atoms with Gasteiger partial charge in [-0.15, -0.1) is 11.3 Å². The molecule has 280 valence electrons. The zero-order valence-corrected chi connectivity index (χ0v) is 33.0. The number of hydrogen-bond donors (Lipinski definition) is 0. The highest BCUT2D eigenvalue weighted by Gasteiger charge is 2.44. The van der Waals surface area contributed by atoms with Gasteiger partial charge in [0.25, 0.3) is 0 Å². The first kappa shape index (κ1) is 36.0. The van der Waals surface area contributed by atoms with Gasteiger partial charge in [-0.1, -0.05) is 200 Å². The molecule has 0 saturated heterocycles. The number of nitrogens with zero attached hydrogens (tertiary/aromatic N) is 4. The summed E-state index contributed by atoms with van der Waals surface area (Å²) in [7, 11) is 0. The van der Waals surface area contributed by atoms with Crippen molar-refractivity contribution in [1.82, 2.24) is 19.9 Å². The molecule has 10 rings (SSSR count). The maximum Gasteiger partial charge on any atom is 0.164 e. The highest BCUT2D eigenvalue weighted by molar-refractivity contribution is 7.18. The predicted octanol–water partition coefficient (Wildman–Crippen LogP) is 13.3. The lowest BCUT2D eigenvalue weighted by Crippen LogP contribution is -2.30. The van der Waals surface area contributed by atoms with E-state index in [4.69, 9.17) is 19.9 Å². The van der Waals surface area contributed by atoms with E-state index >= 15 is 0 Å². The van der Waals surface area contributed by atoms with Crippen molar-refractivity contribution in [3.63, 3.8) is 0 Å². The van der Waals surface area contributed by atoms with Crippen molar-refractivity contribution >= 4 is 43.8 Å². The molecule has 0 aliphatic heterocycles. The summed E-state index contributed by atoms with van der Waals surface area (Å²) in [6, 6.07) is 72.0. The van der Waals surface area contributed by atoms with Crippen LogP contribution in [0.2, 0.25) is 0 Å². The highest BCUT2D eigenvalue weighted by Crippen LogP contribution is 2.55. The fraction of sp³-hybridized carbons (Fsp3) is 0.0370. The minimum atomic E-state index is -0.798. The average Bonchev–Trinajstić information content (AvgIpc) is 3.78. The van der Waals surface area contributed by atoms with Crippen LogP contribution in [0.3, 0.4) is 0 Å². The number of hydrogen-bond acceptors (Lipinski definition) is 5. The molecule has 2 aromatic heterocycles. The number of thiazole rings is 1. The fourth-order valence-electron chi connectivity index (χ4n) is 8.16. The van der Waals surface area contributed by atoms with Gasteiger partial charge in [0.15, 0.2) is 17.5 Å². The standard InChI is InChI=1S/C54H38N4S/c1-7-21-38(22-8-1)44-35-45(52-57-50(42-29-15-5-16-30-42)56-51(58-52)43-31-17-6-18-32-43)37-54(36-44,53-55-46-33-19-20-34-47(46)59-53)49(41-27-13-4-14-28-41)48(39-23-9-2-10-24-39)40-25-11-3-12-26-40/h1-35,37H,36H2. The van der Waals surface area contributed by atoms with E-state index in [-0.39, 0.29) is 0 Å². The Morgan fingerprint density at radius 2 is 0.864 bits per heavy atom. The summed E-state index contributed by atoms with van der Waals surface area (Å²) in [5, 5.41) is 1.00. The monoisotopic (exact) mass is 774 g/mol. The van der Waals surface area contributed by atoms with Gasteiger partial charge in [-0.05, 0) is 63.6 Å². The van der Waals surface area contributed by atoms with E-state index in [1.165, 1.54) is 5.57 Å². The summed E-state index contributed by atoms with van der Waals surface area (Å²) in [5.74, 6) is 1.84. The van der Waals surface area contributed by atoms with Gasteiger partial charge in [-0.25, -0.2) is 19.9 Å². The summed E-state index contributed by atoms with van der Waals surface area (Å²) in [4.78, 5) is 21.3. The molecule has 1 aliphatic rings. The Balaban J connectivity index is 1.36. The van der Waals surface area contributed by atoms with Crippen molar-refractivity contribution in [2.45, 2.75) is 11.8 Å². The summed E-state index contributed by atoms with van der Waals surface area (Å²) in [6.07, 6.45) is 5.34. The number of para-hydroxylation sites is 1. The first-order chi connectivity index (χ1) is 29.2. The van der Waals surface area contributed by atoms with Gasteiger partial charge in [0.1, 0.15) is 5.01 Å². The lowest BCUT2D eigenvalue weighted by atomic mass is 9.65. The van der Waals surface area contributed by atoms with E-state index < -0.39 is 5.41 Å². The van der Waals surface area contributed by atoms with Gasteiger partial charge in [-0.3, -0.25) is 0 Å². The lowest BCUT2D eigenvalue weighted by Gasteiger charge is -2.38. The Morgan fingerprint density at radius 3 is 1.39 bits per heavy atom. The molecule has 0 saturated carbocycles. The van der Waals surface area contributed by atoms with Crippen molar-refractivity contribution < 1.29 is 0 Å². The van der Waals surface area contributed by atoms with Crippen LogP contribution in [0.15, 0.2) is 218 Å². The molecule has 0 N–H and O–H groups in total. The first-order valence-corrected chi connectivity index (χ1v) is 20.7. The number of benzene rings is 7. The van der Waals surface area contributed by atoms with Gasteiger partial charge in [0.2, 0.25) is 0 Å². The van der Waals surface area contributed by atoms with Crippen LogP contribution >= 0.6 is 11.3 Å². The Labute approximate surface area is 348 Å². The topological polar surface area (TPSA) is 51.6 Å². The van der Waals surface area contributed by atoms with Crippen LogP contribution in [0.5, 0.6) is 0 Å². The van der Waals surface area contributed by atoms with Crippen LogP contribution in [-0.4, -0.2) is 19.9 Å². The molecular formula is C54H38N4S. The number of rotatable bonds is 9. The quantitative estimate of drug-likeness (QED) is 0.137. The third kappa shape index (κ3) is 7.14. The second kappa shape index (κ2) is 15.9. The molecule has 7 aromatic carbocycles. The predicted molar refractivity (Wildman–Crippen MR) is 244 cm³/mol. The molecule has 4 nitrogen and oxygen atoms in total. The maximum atomic E-state index is 5.57. The van der Waals surface area contributed by atoms with E-state index in [1.54, 1.807) is 11.3 Å². The van der Waals surface area contributed by atoms with Gasteiger partial charge < -0.3 is 0 Å². The third-order valence-corrected chi connectivity index (χ3v) is 12.1. The molecule has 9 aromatic rings. The van der Waals surface area contributed by atoms with Gasteiger partial charge in [0, 0.05) is 16.7 Å².